The predicted molar refractivity (Wildman–Crippen MR) is 99.1 cm³/mol. The Kier molecular flexibility index (Phi) is 3.93. The zero-order valence-electron chi connectivity index (χ0n) is 15.0. The number of rotatable bonds is 5. The third-order valence-corrected chi connectivity index (χ3v) is 5.46. The number of benzene rings is 1. The molecule has 3 heterocycles. The van der Waals surface area contributed by atoms with E-state index in [9.17, 15) is 0 Å². The predicted octanol–water partition coefficient (Wildman–Crippen LogP) is 4.02. The first kappa shape index (κ1) is 15.9. The minimum Gasteiger partial charge on any atom is -0.440 e. The number of hydrogen-bond donors (Lipinski definition) is 1. The lowest BCUT2D eigenvalue weighted by molar-refractivity contribution is -0.0304. The zero-order valence-corrected chi connectivity index (χ0v) is 15.0. The van der Waals surface area contributed by atoms with Crippen molar-refractivity contribution < 1.29 is 9.15 Å². The standard InChI is InChI=1S/C20H24N4O2/c1-24-9-8-21-19(24)18-14(3-2-10-25-18)12-22-15-6-7-16-17(11-15)26-20(23-16)13-4-5-13/h6-9,11,13-14,18,22H,2-5,10,12H2,1H3/t14-,18+/m0/s1. The Labute approximate surface area is 152 Å². The lowest BCUT2D eigenvalue weighted by atomic mass is 9.93. The molecule has 1 aliphatic carbocycles. The van der Waals surface area contributed by atoms with Gasteiger partial charge in [-0.25, -0.2) is 9.97 Å². The van der Waals surface area contributed by atoms with Gasteiger partial charge in [-0.2, -0.15) is 0 Å². The molecule has 3 aromatic rings. The van der Waals surface area contributed by atoms with Crippen molar-refractivity contribution in [2.75, 3.05) is 18.5 Å². The fourth-order valence-corrected chi connectivity index (χ4v) is 3.80. The summed E-state index contributed by atoms with van der Waals surface area (Å²) < 4.78 is 14.0. The minimum atomic E-state index is 0.0479. The maximum Gasteiger partial charge on any atom is 0.198 e. The van der Waals surface area contributed by atoms with E-state index < -0.39 is 0 Å². The maximum atomic E-state index is 6.06. The van der Waals surface area contributed by atoms with Crippen LogP contribution in [0.15, 0.2) is 35.0 Å². The Balaban J connectivity index is 1.31. The number of aryl methyl sites for hydroxylation is 1. The highest BCUT2D eigenvalue weighted by Crippen LogP contribution is 2.40. The summed E-state index contributed by atoms with van der Waals surface area (Å²) in [5.74, 6) is 2.85. The van der Waals surface area contributed by atoms with Crippen LogP contribution in [0.1, 0.15) is 49.4 Å². The summed E-state index contributed by atoms with van der Waals surface area (Å²) in [7, 11) is 2.03. The van der Waals surface area contributed by atoms with Crippen LogP contribution in [-0.2, 0) is 11.8 Å². The van der Waals surface area contributed by atoms with E-state index in [0.717, 1.165) is 54.5 Å². The quantitative estimate of drug-likeness (QED) is 0.751. The molecule has 0 amide bonds. The molecule has 0 radical (unpaired) electrons. The molecular formula is C20H24N4O2. The number of nitrogens with one attached hydrogen (secondary N) is 1. The van der Waals surface area contributed by atoms with Gasteiger partial charge in [0.05, 0.1) is 0 Å². The number of anilines is 1. The molecule has 1 saturated carbocycles. The van der Waals surface area contributed by atoms with E-state index in [1.807, 2.05) is 25.5 Å². The SMILES string of the molecule is Cn1ccnc1[C@@H]1OCCC[C@H]1CNc1ccc2nc(C3CC3)oc2c1. The van der Waals surface area contributed by atoms with E-state index in [1.165, 1.54) is 12.8 Å². The summed E-state index contributed by atoms with van der Waals surface area (Å²) in [6.45, 7) is 1.66. The molecule has 1 N–H and O–H groups in total. The van der Waals surface area contributed by atoms with Crippen LogP contribution in [0.25, 0.3) is 11.1 Å². The summed E-state index contributed by atoms with van der Waals surface area (Å²) in [6, 6.07) is 6.19. The Morgan fingerprint density at radius 2 is 2.19 bits per heavy atom. The summed E-state index contributed by atoms with van der Waals surface area (Å²) in [5, 5.41) is 3.57. The average Bonchev–Trinajstić information content (AvgIpc) is 3.29. The molecule has 5 rings (SSSR count). The fraction of sp³-hybridized carbons (Fsp3) is 0.500. The second-order valence-corrected chi connectivity index (χ2v) is 7.48. The maximum absolute atomic E-state index is 6.06. The molecule has 0 spiro atoms. The third kappa shape index (κ3) is 2.98. The van der Waals surface area contributed by atoms with Gasteiger partial charge in [0.2, 0.25) is 0 Å². The highest BCUT2D eigenvalue weighted by atomic mass is 16.5. The largest absolute Gasteiger partial charge is 0.440 e. The van der Waals surface area contributed by atoms with Gasteiger partial charge in [-0.15, -0.1) is 0 Å². The van der Waals surface area contributed by atoms with Crippen LogP contribution in [0.5, 0.6) is 0 Å². The van der Waals surface area contributed by atoms with Crippen LogP contribution in [0.4, 0.5) is 5.69 Å². The molecule has 2 aromatic heterocycles. The monoisotopic (exact) mass is 352 g/mol. The van der Waals surface area contributed by atoms with Crippen molar-refractivity contribution in [3.8, 4) is 0 Å². The van der Waals surface area contributed by atoms with Gasteiger partial charge in [-0.3, -0.25) is 0 Å². The Morgan fingerprint density at radius 1 is 1.27 bits per heavy atom. The molecule has 2 atom stereocenters. The van der Waals surface area contributed by atoms with Crippen molar-refractivity contribution in [1.29, 1.82) is 0 Å². The van der Waals surface area contributed by atoms with E-state index in [-0.39, 0.29) is 6.10 Å². The molecule has 6 nitrogen and oxygen atoms in total. The number of ether oxygens (including phenoxy) is 1. The first-order chi connectivity index (χ1) is 12.8. The number of fused-ring (bicyclic) bond motifs is 1. The first-order valence-corrected chi connectivity index (χ1v) is 9.51. The lowest BCUT2D eigenvalue weighted by Gasteiger charge is -2.31. The van der Waals surface area contributed by atoms with Crippen molar-refractivity contribution in [2.45, 2.75) is 37.7 Å². The van der Waals surface area contributed by atoms with E-state index in [0.29, 0.717) is 11.8 Å². The molecule has 2 aliphatic rings. The Morgan fingerprint density at radius 3 is 3.00 bits per heavy atom. The molecule has 6 heteroatoms. The van der Waals surface area contributed by atoms with Gasteiger partial charge in [0.15, 0.2) is 11.5 Å². The highest BCUT2D eigenvalue weighted by molar-refractivity contribution is 5.77. The smallest absolute Gasteiger partial charge is 0.198 e. The molecule has 1 aliphatic heterocycles. The summed E-state index contributed by atoms with van der Waals surface area (Å²) >= 11 is 0. The lowest BCUT2D eigenvalue weighted by Crippen LogP contribution is -2.30. The van der Waals surface area contributed by atoms with Crippen molar-refractivity contribution >= 4 is 16.8 Å². The number of hydrogen-bond acceptors (Lipinski definition) is 5. The Hall–Kier alpha value is -2.34. The van der Waals surface area contributed by atoms with Crippen LogP contribution < -0.4 is 5.32 Å². The van der Waals surface area contributed by atoms with Crippen LogP contribution in [-0.4, -0.2) is 27.7 Å². The second-order valence-electron chi connectivity index (χ2n) is 7.48. The van der Waals surface area contributed by atoms with E-state index >= 15 is 0 Å². The number of imidazole rings is 1. The summed E-state index contributed by atoms with van der Waals surface area (Å²) in [5.41, 5.74) is 2.89. The average molecular weight is 352 g/mol. The molecular weight excluding hydrogens is 328 g/mol. The number of oxazole rings is 1. The summed E-state index contributed by atoms with van der Waals surface area (Å²) in [4.78, 5) is 9.09. The van der Waals surface area contributed by atoms with Crippen LogP contribution in [0.2, 0.25) is 0 Å². The molecule has 0 bridgehead atoms. The van der Waals surface area contributed by atoms with Gasteiger partial charge in [0, 0.05) is 56.2 Å². The van der Waals surface area contributed by atoms with E-state index in [2.05, 4.69) is 32.0 Å². The third-order valence-electron chi connectivity index (χ3n) is 5.46. The number of nitrogens with zero attached hydrogens (tertiary/aromatic N) is 3. The van der Waals surface area contributed by atoms with Gasteiger partial charge >= 0.3 is 0 Å². The van der Waals surface area contributed by atoms with E-state index in [1.54, 1.807) is 0 Å². The van der Waals surface area contributed by atoms with E-state index in [4.69, 9.17) is 9.15 Å². The van der Waals surface area contributed by atoms with Crippen molar-refractivity contribution in [2.24, 2.45) is 13.0 Å². The van der Waals surface area contributed by atoms with Crippen LogP contribution in [0, 0.1) is 5.92 Å². The van der Waals surface area contributed by atoms with Crippen LogP contribution in [0.3, 0.4) is 0 Å². The highest BCUT2D eigenvalue weighted by Gasteiger charge is 2.30. The van der Waals surface area contributed by atoms with Crippen molar-refractivity contribution in [3.63, 3.8) is 0 Å². The van der Waals surface area contributed by atoms with Gasteiger partial charge in [0.25, 0.3) is 0 Å². The van der Waals surface area contributed by atoms with Crippen molar-refractivity contribution in [1.82, 2.24) is 14.5 Å². The molecule has 1 saturated heterocycles. The van der Waals surface area contributed by atoms with Crippen LogP contribution >= 0.6 is 0 Å². The molecule has 136 valence electrons. The zero-order chi connectivity index (χ0) is 17.5. The van der Waals surface area contributed by atoms with Gasteiger partial charge in [-0.1, -0.05) is 0 Å². The van der Waals surface area contributed by atoms with Crippen molar-refractivity contribution in [3.05, 3.63) is 42.3 Å². The molecule has 26 heavy (non-hydrogen) atoms. The Bertz CT molecular complexity index is 912. The van der Waals surface area contributed by atoms with Gasteiger partial charge in [0.1, 0.15) is 17.4 Å². The fourth-order valence-electron chi connectivity index (χ4n) is 3.80. The second kappa shape index (κ2) is 6.43. The molecule has 0 unspecified atom stereocenters. The summed E-state index contributed by atoms with van der Waals surface area (Å²) in [6.07, 6.45) is 8.51. The normalized spacial score (nSPS) is 23.4. The van der Waals surface area contributed by atoms with Gasteiger partial charge in [-0.05, 0) is 37.8 Å². The molecule has 1 aromatic carbocycles. The topological polar surface area (TPSA) is 65.1 Å². The van der Waals surface area contributed by atoms with Gasteiger partial charge < -0.3 is 19.0 Å². The first-order valence-electron chi connectivity index (χ1n) is 9.51. The minimum absolute atomic E-state index is 0.0479. The number of aromatic nitrogens is 3. The molecule has 2 fully saturated rings.